The van der Waals surface area contributed by atoms with E-state index in [1.54, 1.807) is 41.5 Å². The Bertz CT molecular complexity index is 494. The Hall–Kier alpha value is -1.63. The van der Waals surface area contributed by atoms with Crippen molar-refractivity contribution in [3.05, 3.63) is 0 Å². The molecule has 0 radical (unpaired) electrons. The van der Waals surface area contributed by atoms with Gasteiger partial charge < -0.3 is 19.5 Å². The summed E-state index contributed by atoms with van der Waals surface area (Å²) >= 11 is 0. The molecular weight excluding hydrogens is 338 g/mol. The van der Waals surface area contributed by atoms with Crippen LogP contribution in [0, 0.1) is 0 Å². The zero-order chi connectivity index (χ0) is 20.8. The molecule has 0 aromatic rings. The quantitative estimate of drug-likeness (QED) is 0.688. The summed E-state index contributed by atoms with van der Waals surface area (Å²) in [6.07, 6.45) is -0.813. The topological polar surface area (TPSA) is 90.9 Å². The first kappa shape index (κ1) is 24.4. The van der Waals surface area contributed by atoms with Crippen LogP contribution in [-0.2, 0) is 23.8 Å². The molecule has 0 aromatic heterocycles. The Morgan fingerprint density at radius 1 is 0.769 bits per heavy atom. The lowest BCUT2D eigenvalue weighted by Gasteiger charge is -2.26. The molecule has 1 N–H and O–H groups in total. The van der Waals surface area contributed by atoms with E-state index in [9.17, 15) is 14.4 Å². The van der Waals surface area contributed by atoms with Crippen LogP contribution in [0.1, 0.15) is 75.2 Å². The molecule has 0 aliphatic heterocycles. The van der Waals surface area contributed by atoms with E-state index in [1.165, 1.54) is 0 Å². The first-order chi connectivity index (χ1) is 11.5. The molecule has 0 rings (SSSR count). The molecule has 0 aromatic carbocycles. The van der Waals surface area contributed by atoms with Crippen LogP contribution in [0.3, 0.4) is 0 Å². The first-order valence-corrected chi connectivity index (χ1v) is 8.86. The van der Waals surface area contributed by atoms with Crippen LogP contribution >= 0.6 is 0 Å². The van der Waals surface area contributed by atoms with Gasteiger partial charge in [0.15, 0.2) is 5.78 Å². The monoisotopic (exact) mass is 373 g/mol. The predicted octanol–water partition coefficient (Wildman–Crippen LogP) is 3.39. The molecule has 26 heavy (non-hydrogen) atoms. The fourth-order valence-electron chi connectivity index (χ4n) is 1.79. The van der Waals surface area contributed by atoms with E-state index in [0.29, 0.717) is 0 Å². The smallest absolute Gasteiger partial charge is 0.408 e. The Kier molecular flexibility index (Phi) is 8.76. The second-order valence-electron chi connectivity index (χ2n) is 9.17. The number of carbonyl (C=O) groups is 3. The van der Waals surface area contributed by atoms with Crippen molar-refractivity contribution in [3.63, 3.8) is 0 Å². The van der Waals surface area contributed by atoms with Gasteiger partial charge >= 0.3 is 12.1 Å². The van der Waals surface area contributed by atoms with Gasteiger partial charge in [0.25, 0.3) is 0 Å². The molecule has 0 saturated heterocycles. The van der Waals surface area contributed by atoms with Gasteiger partial charge in [-0.15, -0.1) is 0 Å². The fraction of sp³-hybridized carbons (Fsp3) is 0.842. The lowest BCUT2D eigenvalue weighted by molar-refractivity contribution is -0.155. The highest BCUT2D eigenvalue weighted by Gasteiger charge is 2.27. The molecule has 0 bridgehead atoms. The Morgan fingerprint density at radius 2 is 1.27 bits per heavy atom. The standard InChI is InChI=1S/C19H35NO6/c1-17(2,3)24-12-13(20-16(23)26-19(7,8)9)14(21)10-11-15(22)25-18(4,5)6/h13H,10-12H2,1-9H3,(H,20,23). The molecule has 152 valence electrons. The maximum absolute atomic E-state index is 12.5. The summed E-state index contributed by atoms with van der Waals surface area (Å²) in [5.74, 6) is -0.774. The van der Waals surface area contributed by atoms with Gasteiger partial charge in [0, 0.05) is 6.42 Å². The molecule has 1 atom stereocenters. The van der Waals surface area contributed by atoms with Crippen LogP contribution in [-0.4, -0.2) is 47.3 Å². The number of ether oxygens (including phenoxy) is 3. The second kappa shape index (κ2) is 9.35. The van der Waals surface area contributed by atoms with Gasteiger partial charge in [-0.3, -0.25) is 9.59 Å². The van der Waals surface area contributed by atoms with Crippen molar-refractivity contribution >= 4 is 17.8 Å². The van der Waals surface area contributed by atoms with Gasteiger partial charge in [0.05, 0.1) is 18.6 Å². The van der Waals surface area contributed by atoms with Crippen molar-refractivity contribution in [1.29, 1.82) is 0 Å². The van der Waals surface area contributed by atoms with Crippen molar-refractivity contribution in [2.24, 2.45) is 0 Å². The zero-order valence-electron chi connectivity index (χ0n) is 17.6. The van der Waals surface area contributed by atoms with Crippen LogP contribution in [0.2, 0.25) is 0 Å². The van der Waals surface area contributed by atoms with Crippen LogP contribution in [0.5, 0.6) is 0 Å². The van der Waals surface area contributed by atoms with E-state index in [1.807, 2.05) is 20.8 Å². The fourth-order valence-corrected chi connectivity index (χ4v) is 1.79. The highest BCUT2D eigenvalue weighted by Crippen LogP contribution is 2.12. The van der Waals surface area contributed by atoms with Gasteiger partial charge in [0.1, 0.15) is 17.2 Å². The van der Waals surface area contributed by atoms with Crippen molar-refractivity contribution < 1.29 is 28.6 Å². The van der Waals surface area contributed by atoms with Gasteiger partial charge in [-0.25, -0.2) is 4.79 Å². The van der Waals surface area contributed by atoms with E-state index >= 15 is 0 Å². The summed E-state index contributed by atoms with van der Waals surface area (Å²) in [7, 11) is 0. The van der Waals surface area contributed by atoms with Crippen LogP contribution in [0.4, 0.5) is 4.79 Å². The largest absolute Gasteiger partial charge is 0.460 e. The minimum absolute atomic E-state index is 0.00407. The van der Waals surface area contributed by atoms with Gasteiger partial charge in [0.2, 0.25) is 0 Å². The number of hydrogen-bond donors (Lipinski definition) is 1. The number of amides is 1. The number of carbonyl (C=O) groups excluding carboxylic acids is 3. The number of rotatable bonds is 7. The van der Waals surface area contributed by atoms with Crippen LogP contribution < -0.4 is 5.32 Å². The molecule has 7 heteroatoms. The summed E-state index contributed by atoms with van der Waals surface area (Å²) in [5, 5.41) is 2.53. The minimum Gasteiger partial charge on any atom is -0.460 e. The van der Waals surface area contributed by atoms with Gasteiger partial charge in [-0.05, 0) is 62.3 Å². The summed E-state index contributed by atoms with van der Waals surface area (Å²) in [5.41, 5.74) is -1.76. The van der Waals surface area contributed by atoms with Crippen LogP contribution in [0.15, 0.2) is 0 Å². The lowest BCUT2D eigenvalue weighted by Crippen LogP contribution is -2.47. The van der Waals surface area contributed by atoms with Crippen molar-refractivity contribution in [1.82, 2.24) is 5.32 Å². The molecule has 0 fully saturated rings. The number of ketones is 1. The normalized spacial score (nSPS) is 13.7. The second-order valence-corrected chi connectivity index (χ2v) is 9.17. The average molecular weight is 373 g/mol. The van der Waals surface area contributed by atoms with Crippen molar-refractivity contribution in [2.75, 3.05) is 6.61 Å². The number of hydrogen-bond acceptors (Lipinski definition) is 6. The molecular formula is C19H35NO6. The Balaban J connectivity index is 4.83. The zero-order valence-corrected chi connectivity index (χ0v) is 17.6. The summed E-state index contributed by atoms with van der Waals surface area (Å²) in [6.45, 7) is 16.0. The molecule has 1 amide bonds. The SMILES string of the molecule is CC(C)(C)OCC(NC(=O)OC(C)(C)C)C(=O)CCC(=O)OC(C)(C)C. The lowest BCUT2D eigenvalue weighted by atomic mass is 10.1. The third kappa shape index (κ3) is 13.6. The number of alkyl carbamates (subject to hydrolysis) is 1. The maximum Gasteiger partial charge on any atom is 0.408 e. The summed E-state index contributed by atoms with van der Waals surface area (Å²) in [6, 6.07) is -0.897. The van der Waals surface area contributed by atoms with E-state index in [4.69, 9.17) is 14.2 Å². The number of nitrogens with one attached hydrogen (secondary N) is 1. The molecule has 0 saturated carbocycles. The van der Waals surface area contributed by atoms with E-state index in [-0.39, 0.29) is 25.2 Å². The van der Waals surface area contributed by atoms with Crippen molar-refractivity contribution in [2.45, 2.75) is 98.0 Å². The third-order valence-electron chi connectivity index (χ3n) is 2.76. The van der Waals surface area contributed by atoms with E-state index < -0.39 is 34.9 Å². The molecule has 0 aliphatic carbocycles. The summed E-state index contributed by atoms with van der Waals surface area (Å²) in [4.78, 5) is 36.3. The van der Waals surface area contributed by atoms with Crippen molar-refractivity contribution in [3.8, 4) is 0 Å². The molecule has 0 heterocycles. The third-order valence-corrected chi connectivity index (χ3v) is 2.76. The average Bonchev–Trinajstić information content (AvgIpc) is 2.35. The van der Waals surface area contributed by atoms with E-state index in [0.717, 1.165) is 0 Å². The van der Waals surface area contributed by atoms with Crippen LogP contribution in [0.25, 0.3) is 0 Å². The Morgan fingerprint density at radius 3 is 1.69 bits per heavy atom. The van der Waals surface area contributed by atoms with E-state index in [2.05, 4.69) is 5.32 Å². The Labute approximate surface area is 157 Å². The molecule has 1 unspecified atom stereocenters. The predicted molar refractivity (Wildman–Crippen MR) is 98.9 cm³/mol. The highest BCUT2D eigenvalue weighted by molar-refractivity contribution is 5.89. The maximum atomic E-state index is 12.5. The first-order valence-electron chi connectivity index (χ1n) is 8.86. The molecule has 0 spiro atoms. The minimum atomic E-state index is -0.897. The van der Waals surface area contributed by atoms with Gasteiger partial charge in [-0.2, -0.15) is 0 Å². The number of Topliss-reactive ketones (excluding diaryl/α,β-unsaturated/α-hetero) is 1. The molecule has 0 aliphatic rings. The number of esters is 1. The van der Waals surface area contributed by atoms with Gasteiger partial charge in [-0.1, -0.05) is 0 Å². The highest BCUT2D eigenvalue weighted by atomic mass is 16.6. The molecule has 7 nitrogen and oxygen atoms in total. The summed E-state index contributed by atoms with van der Waals surface area (Å²) < 4.78 is 16.0.